The van der Waals surface area contributed by atoms with Gasteiger partial charge in [0.05, 0.1) is 28.1 Å². The van der Waals surface area contributed by atoms with Crippen molar-refractivity contribution >= 4 is 37.5 Å². The quantitative estimate of drug-likeness (QED) is 0.845. The molecule has 19 heavy (non-hydrogen) atoms. The summed E-state index contributed by atoms with van der Waals surface area (Å²) in [5.41, 5.74) is 2.48. The summed E-state index contributed by atoms with van der Waals surface area (Å²) in [6.07, 6.45) is 0.861. The van der Waals surface area contributed by atoms with Crippen LogP contribution in [0.5, 0.6) is 0 Å². The number of hydrogen-bond acceptors (Lipinski definition) is 2. The lowest BCUT2D eigenvalue weighted by Gasteiger charge is -2.09. The van der Waals surface area contributed by atoms with Crippen LogP contribution in [0.4, 0.5) is 10.1 Å². The van der Waals surface area contributed by atoms with E-state index in [1.54, 1.807) is 12.1 Å². The second-order valence-corrected chi connectivity index (χ2v) is 5.87. The normalized spacial score (nSPS) is 10.8. The van der Waals surface area contributed by atoms with E-state index in [1.165, 1.54) is 6.07 Å². The Morgan fingerprint density at radius 1 is 1.37 bits per heavy atom. The van der Waals surface area contributed by atoms with E-state index in [0.717, 1.165) is 26.8 Å². The third kappa shape index (κ3) is 3.17. The Morgan fingerprint density at radius 2 is 2.11 bits per heavy atom. The van der Waals surface area contributed by atoms with E-state index in [9.17, 15) is 4.39 Å². The summed E-state index contributed by atoms with van der Waals surface area (Å²) in [5.74, 6) is -0.266. The molecule has 2 rings (SSSR count). The second kappa shape index (κ2) is 6.05. The molecule has 102 valence electrons. The van der Waals surface area contributed by atoms with E-state index in [4.69, 9.17) is 0 Å². The van der Waals surface area contributed by atoms with Gasteiger partial charge in [-0.25, -0.2) is 4.39 Å². The van der Waals surface area contributed by atoms with E-state index in [0.29, 0.717) is 12.2 Å². The average Bonchev–Trinajstić information content (AvgIpc) is 2.66. The van der Waals surface area contributed by atoms with E-state index in [-0.39, 0.29) is 5.82 Å². The van der Waals surface area contributed by atoms with Crippen molar-refractivity contribution < 1.29 is 4.39 Å². The highest BCUT2D eigenvalue weighted by atomic mass is 79.9. The van der Waals surface area contributed by atoms with Gasteiger partial charge in [0.2, 0.25) is 0 Å². The zero-order chi connectivity index (χ0) is 14.0. The number of nitrogens with one attached hydrogen (secondary N) is 1. The fourth-order valence-electron chi connectivity index (χ4n) is 1.82. The molecule has 0 radical (unpaired) electrons. The highest BCUT2D eigenvalue weighted by Crippen LogP contribution is 2.24. The van der Waals surface area contributed by atoms with Crippen molar-refractivity contribution in [1.29, 1.82) is 0 Å². The topological polar surface area (TPSA) is 29.9 Å². The molecule has 0 aliphatic rings. The van der Waals surface area contributed by atoms with E-state index in [2.05, 4.69) is 49.2 Å². The van der Waals surface area contributed by atoms with Crippen LogP contribution < -0.4 is 5.32 Å². The minimum absolute atomic E-state index is 0.266. The first-order valence-electron chi connectivity index (χ1n) is 5.92. The van der Waals surface area contributed by atoms with Crippen LogP contribution in [0.15, 0.2) is 27.1 Å². The van der Waals surface area contributed by atoms with Crippen LogP contribution in [0.2, 0.25) is 0 Å². The van der Waals surface area contributed by atoms with Gasteiger partial charge in [0.25, 0.3) is 0 Å². The molecule has 1 heterocycles. The zero-order valence-electron chi connectivity index (χ0n) is 10.7. The van der Waals surface area contributed by atoms with Crippen molar-refractivity contribution in [3.8, 4) is 0 Å². The van der Waals surface area contributed by atoms with Gasteiger partial charge in [0.1, 0.15) is 5.82 Å². The molecule has 1 aromatic carbocycles. The molecule has 0 bridgehead atoms. The Balaban J connectivity index is 2.19. The summed E-state index contributed by atoms with van der Waals surface area (Å²) in [5, 5.41) is 7.50. The smallest absolute Gasteiger partial charge is 0.146 e. The molecule has 0 spiro atoms. The van der Waals surface area contributed by atoms with Crippen molar-refractivity contribution in [2.45, 2.75) is 19.9 Å². The molecule has 1 N–H and O–H groups in total. The molecule has 3 nitrogen and oxygen atoms in total. The largest absolute Gasteiger partial charge is 0.377 e. The summed E-state index contributed by atoms with van der Waals surface area (Å²) in [7, 11) is 1.89. The maximum Gasteiger partial charge on any atom is 0.146 e. The van der Waals surface area contributed by atoms with Gasteiger partial charge in [-0.2, -0.15) is 5.10 Å². The first kappa shape index (κ1) is 14.5. The summed E-state index contributed by atoms with van der Waals surface area (Å²) >= 11 is 6.88. The molecular formula is C13H14Br2FN3. The maximum atomic E-state index is 13.6. The standard InChI is InChI=1S/C13H14Br2FN3/c1-3-10-13(15)12(19(2)18-10)7-17-11-6-8(14)4-5-9(11)16/h4-6,17H,3,7H2,1-2H3. The van der Waals surface area contributed by atoms with Crippen molar-refractivity contribution in [3.63, 3.8) is 0 Å². The molecule has 6 heteroatoms. The minimum Gasteiger partial charge on any atom is -0.377 e. The molecule has 2 aromatic rings. The predicted octanol–water partition coefficient (Wildman–Crippen LogP) is 4.26. The second-order valence-electron chi connectivity index (χ2n) is 4.16. The van der Waals surface area contributed by atoms with Crippen molar-refractivity contribution in [2.24, 2.45) is 7.05 Å². The number of halogens is 3. The van der Waals surface area contributed by atoms with Crippen LogP contribution in [0.1, 0.15) is 18.3 Å². The van der Waals surface area contributed by atoms with Crippen molar-refractivity contribution in [2.75, 3.05) is 5.32 Å². The van der Waals surface area contributed by atoms with E-state index in [1.807, 2.05) is 11.7 Å². The van der Waals surface area contributed by atoms with Gasteiger partial charge in [0.15, 0.2) is 0 Å². The van der Waals surface area contributed by atoms with Gasteiger partial charge in [-0.05, 0) is 40.5 Å². The fraction of sp³-hybridized carbons (Fsp3) is 0.308. The summed E-state index contributed by atoms with van der Waals surface area (Å²) in [4.78, 5) is 0. The Hall–Kier alpha value is -0.880. The number of aryl methyl sites for hydroxylation is 2. The monoisotopic (exact) mass is 389 g/mol. The molecule has 0 saturated carbocycles. The third-order valence-electron chi connectivity index (χ3n) is 2.88. The lowest BCUT2D eigenvalue weighted by Crippen LogP contribution is -2.07. The number of hydrogen-bond donors (Lipinski definition) is 1. The first-order valence-corrected chi connectivity index (χ1v) is 7.50. The first-order chi connectivity index (χ1) is 9.02. The summed E-state index contributed by atoms with van der Waals surface area (Å²) in [6.45, 7) is 2.57. The van der Waals surface area contributed by atoms with Crippen LogP contribution in [0, 0.1) is 5.82 Å². The molecule has 0 saturated heterocycles. The van der Waals surface area contributed by atoms with Gasteiger partial charge in [-0.1, -0.05) is 22.9 Å². The predicted molar refractivity (Wildman–Crippen MR) is 81.7 cm³/mol. The SMILES string of the molecule is CCc1nn(C)c(CNc2cc(Br)ccc2F)c1Br. The van der Waals surface area contributed by atoms with Crippen LogP contribution in [-0.2, 0) is 20.0 Å². The van der Waals surface area contributed by atoms with Gasteiger partial charge in [-0.15, -0.1) is 0 Å². The molecule has 0 atom stereocenters. The highest BCUT2D eigenvalue weighted by molar-refractivity contribution is 9.10. The molecule has 1 aromatic heterocycles. The molecule has 0 fully saturated rings. The van der Waals surface area contributed by atoms with Crippen molar-refractivity contribution in [3.05, 3.63) is 44.3 Å². The van der Waals surface area contributed by atoms with Crippen LogP contribution in [-0.4, -0.2) is 9.78 Å². The van der Waals surface area contributed by atoms with Gasteiger partial charge in [0, 0.05) is 11.5 Å². The number of rotatable bonds is 4. The number of aromatic nitrogens is 2. The minimum atomic E-state index is -0.266. The van der Waals surface area contributed by atoms with Gasteiger partial charge >= 0.3 is 0 Å². The lowest BCUT2D eigenvalue weighted by atomic mass is 10.2. The number of nitrogens with zero attached hydrogens (tertiary/aromatic N) is 2. The highest BCUT2D eigenvalue weighted by Gasteiger charge is 2.12. The Labute approximate surface area is 128 Å². The van der Waals surface area contributed by atoms with Crippen LogP contribution >= 0.6 is 31.9 Å². The number of anilines is 1. The van der Waals surface area contributed by atoms with Gasteiger partial charge in [-0.3, -0.25) is 4.68 Å². The summed E-state index contributed by atoms with van der Waals surface area (Å²) < 4.78 is 17.3. The Morgan fingerprint density at radius 3 is 2.74 bits per heavy atom. The number of benzene rings is 1. The molecular weight excluding hydrogens is 377 g/mol. The van der Waals surface area contributed by atoms with Crippen LogP contribution in [0.3, 0.4) is 0 Å². The fourth-order valence-corrected chi connectivity index (χ4v) is 2.94. The zero-order valence-corrected chi connectivity index (χ0v) is 13.8. The molecule has 0 aliphatic heterocycles. The van der Waals surface area contributed by atoms with E-state index >= 15 is 0 Å². The third-order valence-corrected chi connectivity index (χ3v) is 4.29. The molecule has 0 amide bonds. The maximum absolute atomic E-state index is 13.6. The van der Waals surface area contributed by atoms with Crippen LogP contribution in [0.25, 0.3) is 0 Å². The molecule has 0 aliphatic carbocycles. The van der Waals surface area contributed by atoms with Gasteiger partial charge < -0.3 is 5.32 Å². The Bertz CT molecular complexity index is 596. The van der Waals surface area contributed by atoms with E-state index < -0.39 is 0 Å². The molecule has 0 unspecified atom stereocenters. The summed E-state index contributed by atoms with van der Waals surface area (Å²) in [6, 6.07) is 4.83. The average molecular weight is 391 g/mol. The van der Waals surface area contributed by atoms with Crippen molar-refractivity contribution in [1.82, 2.24) is 9.78 Å². The Kier molecular flexibility index (Phi) is 4.62. The lowest BCUT2D eigenvalue weighted by molar-refractivity contribution is 0.628.